The van der Waals surface area contributed by atoms with Gasteiger partial charge in [0.1, 0.15) is 16.9 Å². The number of nitrogens with zero attached hydrogens (tertiary/aromatic N) is 3. The Morgan fingerprint density at radius 1 is 1.07 bits per heavy atom. The maximum absolute atomic E-state index is 13.0. The summed E-state index contributed by atoms with van der Waals surface area (Å²) in [5, 5.41) is 0. The Balaban J connectivity index is 1.92. The number of rotatable bonds is 6. The highest BCUT2D eigenvalue weighted by Crippen LogP contribution is 2.31. The van der Waals surface area contributed by atoms with Crippen molar-refractivity contribution in [3.63, 3.8) is 0 Å². The molecule has 154 valence electrons. The molecule has 6 nitrogen and oxygen atoms in total. The number of hydrogen-bond donors (Lipinski definition) is 1. The molecule has 0 saturated heterocycles. The summed E-state index contributed by atoms with van der Waals surface area (Å²) in [7, 11) is 0. The van der Waals surface area contributed by atoms with Gasteiger partial charge >= 0.3 is 5.97 Å². The molecule has 0 bridgehead atoms. The minimum Gasteiger partial charge on any atom is -0.462 e. The molecule has 1 atom stereocenters. The zero-order chi connectivity index (χ0) is 21.3. The Kier molecular flexibility index (Phi) is 5.40. The van der Waals surface area contributed by atoms with Crippen LogP contribution in [0.25, 0.3) is 27.9 Å². The third-order valence-electron chi connectivity index (χ3n) is 5.50. The van der Waals surface area contributed by atoms with Gasteiger partial charge in [0.05, 0.1) is 17.6 Å². The molecule has 4 aromatic rings. The number of aryl methyl sites for hydroxylation is 1. The molecule has 2 aromatic carbocycles. The lowest BCUT2D eigenvalue weighted by Crippen LogP contribution is -2.13. The first-order valence-electron chi connectivity index (χ1n) is 10.4. The summed E-state index contributed by atoms with van der Waals surface area (Å²) >= 11 is 0. The first-order valence-corrected chi connectivity index (χ1v) is 10.4. The zero-order valence-electron chi connectivity index (χ0n) is 17.6. The second-order valence-electron chi connectivity index (χ2n) is 7.61. The fourth-order valence-electron chi connectivity index (χ4n) is 3.41. The van der Waals surface area contributed by atoms with Crippen molar-refractivity contribution < 1.29 is 9.53 Å². The molecule has 2 aromatic heterocycles. The van der Waals surface area contributed by atoms with Gasteiger partial charge in [-0.15, -0.1) is 0 Å². The molecule has 4 rings (SSSR count). The largest absolute Gasteiger partial charge is 0.462 e. The summed E-state index contributed by atoms with van der Waals surface area (Å²) in [6.45, 7) is 6.56. The number of carbonyl (C=O) groups is 1. The lowest BCUT2D eigenvalue weighted by Gasteiger charge is -2.10. The van der Waals surface area contributed by atoms with E-state index in [0.29, 0.717) is 29.1 Å². The SMILES string of the molecule is CCc1ccc(-n2c(N)c(C(=O)OC[C@H](C)CC)c3nc4ccccc4nc32)cc1. The van der Waals surface area contributed by atoms with Gasteiger partial charge in [0.25, 0.3) is 0 Å². The first-order chi connectivity index (χ1) is 14.5. The number of anilines is 1. The van der Waals surface area contributed by atoms with Crippen LogP contribution in [0.3, 0.4) is 0 Å². The van der Waals surface area contributed by atoms with E-state index in [1.807, 2.05) is 43.3 Å². The van der Waals surface area contributed by atoms with Gasteiger partial charge in [0.2, 0.25) is 0 Å². The Hall–Kier alpha value is -3.41. The lowest BCUT2D eigenvalue weighted by molar-refractivity contribution is 0.0450. The summed E-state index contributed by atoms with van der Waals surface area (Å²) in [5.74, 6) is 0.0991. The van der Waals surface area contributed by atoms with Crippen LogP contribution in [0.2, 0.25) is 0 Å². The van der Waals surface area contributed by atoms with Gasteiger partial charge < -0.3 is 10.5 Å². The average Bonchev–Trinajstić information content (AvgIpc) is 3.06. The molecule has 30 heavy (non-hydrogen) atoms. The Labute approximate surface area is 175 Å². The van der Waals surface area contributed by atoms with Crippen molar-refractivity contribution in [3.05, 3.63) is 59.7 Å². The Morgan fingerprint density at radius 3 is 2.37 bits per heavy atom. The molecular weight excluding hydrogens is 376 g/mol. The average molecular weight is 402 g/mol. The van der Waals surface area contributed by atoms with Crippen LogP contribution >= 0.6 is 0 Å². The van der Waals surface area contributed by atoms with E-state index in [2.05, 4.69) is 26.0 Å². The lowest BCUT2D eigenvalue weighted by atomic mass is 10.1. The Bertz CT molecular complexity index is 1210. The van der Waals surface area contributed by atoms with Crippen LogP contribution in [0, 0.1) is 5.92 Å². The van der Waals surface area contributed by atoms with Crippen LogP contribution in [-0.2, 0) is 11.2 Å². The summed E-state index contributed by atoms with van der Waals surface area (Å²) < 4.78 is 7.35. The first kappa shape index (κ1) is 19.9. The molecule has 0 unspecified atom stereocenters. The highest BCUT2D eigenvalue weighted by Gasteiger charge is 2.26. The number of nitrogen functional groups attached to an aromatic ring is 1. The summed E-state index contributed by atoms with van der Waals surface area (Å²) in [5.41, 5.74) is 11.3. The predicted octanol–water partition coefficient (Wildman–Crippen LogP) is 4.92. The van der Waals surface area contributed by atoms with Crippen LogP contribution in [0.15, 0.2) is 48.5 Å². The van der Waals surface area contributed by atoms with Crippen LogP contribution in [0.1, 0.15) is 43.1 Å². The normalized spacial score (nSPS) is 12.4. The molecule has 0 fully saturated rings. The number of esters is 1. The molecule has 6 heteroatoms. The fourth-order valence-corrected chi connectivity index (χ4v) is 3.41. The van der Waals surface area contributed by atoms with Gasteiger partial charge in [0.15, 0.2) is 5.65 Å². The minimum atomic E-state index is -0.466. The maximum atomic E-state index is 13.0. The third-order valence-corrected chi connectivity index (χ3v) is 5.50. The molecule has 0 amide bonds. The van der Waals surface area contributed by atoms with Gasteiger partial charge in [-0.05, 0) is 42.2 Å². The van der Waals surface area contributed by atoms with E-state index in [-0.39, 0.29) is 11.5 Å². The van der Waals surface area contributed by atoms with E-state index < -0.39 is 5.97 Å². The van der Waals surface area contributed by atoms with E-state index in [4.69, 9.17) is 20.4 Å². The molecular formula is C24H26N4O2. The van der Waals surface area contributed by atoms with Crippen molar-refractivity contribution in [1.82, 2.24) is 14.5 Å². The second kappa shape index (κ2) is 8.14. The van der Waals surface area contributed by atoms with E-state index >= 15 is 0 Å². The number of benzene rings is 2. The van der Waals surface area contributed by atoms with Crippen molar-refractivity contribution in [2.75, 3.05) is 12.3 Å². The van der Waals surface area contributed by atoms with E-state index in [1.165, 1.54) is 5.56 Å². The standard InChI is InChI=1S/C24H26N4O2/c1-4-15(3)14-30-24(29)20-21-23(27-19-9-7-6-8-18(19)26-21)28(22(20)25)17-12-10-16(5-2)11-13-17/h6-13,15H,4-5,14,25H2,1-3H3/t15-/m1/s1. The van der Waals surface area contributed by atoms with E-state index in [1.54, 1.807) is 4.57 Å². The highest BCUT2D eigenvalue weighted by atomic mass is 16.5. The number of carbonyl (C=O) groups excluding carboxylic acids is 1. The van der Waals surface area contributed by atoms with Gasteiger partial charge in [0, 0.05) is 5.69 Å². The molecule has 0 aliphatic rings. The Morgan fingerprint density at radius 2 is 1.73 bits per heavy atom. The quantitative estimate of drug-likeness (QED) is 0.463. The van der Waals surface area contributed by atoms with Crippen molar-refractivity contribution >= 4 is 34.0 Å². The van der Waals surface area contributed by atoms with Crippen molar-refractivity contribution in [1.29, 1.82) is 0 Å². The topological polar surface area (TPSA) is 83.0 Å². The number of hydrogen-bond acceptors (Lipinski definition) is 5. The second-order valence-corrected chi connectivity index (χ2v) is 7.61. The summed E-state index contributed by atoms with van der Waals surface area (Å²) in [6, 6.07) is 15.7. The number of para-hydroxylation sites is 2. The maximum Gasteiger partial charge on any atom is 0.344 e. The van der Waals surface area contributed by atoms with Crippen LogP contribution in [-0.4, -0.2) is 27.1 Å². The molecule has 0 radical (unpaired) electrons. The van der Waals surface area contributed by atoms with Gasteiger partial charge in [-0.2, -0.15) is 0 Å². The fraction of sp³-hybridized carbons (Fsp3) is 0.292. The van der Waals surface area contributed by atoms with E-state index in [0.717, 1.165) is 24.0 Å². The van der Waals surface area contributed by atoms with Crippen LogP contribution in [0.5, 0.6) is 0 Å². The number of ether oxygens (including phenoxy) is 1. The van der Waals surface area contributed by atoms with Crippen LogP contribution in [0.4, 0.5) is 5.82 Å². The summed E-state index contributed by atoms with van der Waals surface area (Å²) in [4.78, 5) is 22.5. The molecule has 0 spiro atoms. The third kappa shape index (κ3) is 3.49. The summed E-state index contributed by atoms with van der Waals surface area (Å²) in [6.07, 6.45) is 1.87. The number of nitrogens with two attached hydrogens (primary N) is 1. The van der Waals surface area contributed by atoms with Crippen LogP contribution < -0.4 is 5.73 Å². The molecule has 2 heterocycles. The number of aromatic nitrogens is 3. The highest BCUT2D eigenvalue weighted by molar-refractivity contribution is 6.09. The smallest absolute Gasteiger partial charge is 0.344 e. The molecule has 0 saturated carbocycles. The number of fused-ring (bicyclic) bond motifs is 2. The van der Waals surface area contributed by atoms with Crippen molar-refractivity contribution in [2.45, 2.75) is 33.6 Å². The van der Waals surface area contributed by atoms with Crippen molar-refractivity contribution in [2.24, 2.45) is 5.92 Å². The monoisotopic (exact) mass is 402 g/mol. The minimum absolute atomic E-state index is 0.270. The van der Waals surface area contributed by atoms with Gasteiger partial charge in [-0.25, -0.2) is 14.8 Å². The van der Waals surface area contributed by atoms with E-state index in [9.17, 15) is 4.79 Å². The predicted molar refractivity (Wildman–Crippen MR) is 120 cm³/mol. The van der Waals surface area contributed by atoms with Crippen molar-refractivity contribution in [3.8, 4) is 5.69 Å². The molecule has 0 aliphatic carbocycles. The molecule has 2 N–H and O–H groups in total. The zero-order valence-corrected chi connectivity index (χ0v) is 17.6. The molecule has 0 aliphatic heterocycles. The van der Waals surface area contributed by atoms with Gasteiger partial charge in [-0.1, -0.05) is 51.5 Å². The van der Waals surface area contributed by atoms with Gasteiger partial charge in [-0.3, -0.25) is 4.57 Å².